The lowest BCUT2D eigenvalue weighted by Gasteiger charge is -2.16. The number of aromatic nitrogens is 1. The lowest BCUT2D eigenvalue weighted by molar-refractivity contribution is 0.0528. The van der Waals surface area contributed by atoms with E-state index in [1.165, 1.54) is 11.3 Å². The number of nitrogen functional groups attached to an aromatic ring is 1. The minimum absolute atomic E-state index is 0.196. The van der Waals surface area contributed by atoms with Crippen LogP contribution in [0.5, 0.6) is 0 Å². The van der Waals surface area contributed by atoms with Crippen LogP contribution in [-0.4, -0.2) is 23.3 Å². The number of rotatable bonds is 6. The van der Waals surface area contributed by atoms with E-state index in [0.29, 0.717) is 42.5 Å². The predicted octanol–water partition coefficient (Wildman–Crippen LogP) is 7.27. The van der Waals surface area contributed by atoms with Gasteiger partial charge >= 0.3 is 5.97 Å². The number of anilines is 1. The maximum absolute atomic E-state index is 13.4. The largest absolute Gasteiger partial charge is 0.462 e. The van der Waals surface area contributed by atoms with E-state index >= 15 is 0 Å². The number of nitrogens with two attached hydrogens (primary N) is 1. The minimum atomic E-state index is -0.516. The molecule has 0 bridgehead atoms. The third-order valence-electron chi connectivity index (χ3n) is 5.78. The summed E-state index contributed by atoms with van der Waals surface area (Å²) in [6, 6.07) is 25.5. The molecule has 5 nitrogen and oxygen atoms in total. The summed E-state index contributed by atoms with van der Waals surface area (Å²) in [6.07, 6.45) is 0. The van der Waals surface area contributed by atoms with Crippen LogP contribution in [0.15, 0.2) is 84.9 Å². The van der Waals surface area contributed by atoms with E-state index in [1.54, 1.807) is 43.3 Å². The molecule has 2 aromatic heterocycles. The van der Waals surface area contributed by atoms with Crippen LogP contribution in [-0.2, 0) is 4.74 Å². The number of esters is 1. The minimum Gasteiger partial charge on any atom is -0.462 e. The molecule has 5 rings (SSSR count). The van der Waals surface area contributed by atoms with Crippen LogP contribution in [0.3, 0.4) is 0 Å². The maximum Gasteiger partial charge on any atom is 0.341 e. The average Bonchev–Trinajstić information content (AvgIpc) is 3.24. The van der Waals surface area contributed by atoms with E-state index in [1.807, 2.05) is 48.5 Å². The molecule has 0 aliphatic carbocycles. The summed E-state index contributed by atoms with van der Waals surface area (Å²) < 4.78 is 5.48. The molecular weight excluding hydrogens is 492 g/mol. The van der Waals surface area contributed by atoms with E-state index < -0.39 is 5.97 Å². The van der Waals surface area contributed by atoms with Crippen LogP contribution >= 0.6 is 22.9 Å². The number of thiophene rings is 1. The summed E-state index contributed by atoms with van der Waals surface area (Å²) in [5.74, 6) is -0.714. The number of nitrogens with zero attached hydrogens (tertiary/aromatic N) is 1. The van der Waals surface area contributed by atoms with Gasteiger partial charge in [0, 0.05) is 27.1 Å². The fourth-order valence-corrected chi connectivity index (χ4v) is 5.35. The molecule has 0 saturated heterocycles. The number of fused-ring (bicyclic) bond motifs is 1. The SMILES string of the molecule is CCOC(=O)c1c(-c2ccccc2)nc2sc(C(=O)c3ccccc3)c(N)c2c1-c1ccc(Cl)cc1. The standard InChI is InChI=1S/C29H21ClN2O3S/c1-2-35-29(34)23-21(17-13-15-20(30)16-14-17)22-24(31)27(26(33)19-11-7-4-8-12-19)36-28(22)32-25(23)18-9-5-3-6-10-18/h3-16H,2,31H2,1H3. The van der Waals surface area contributed by atoms with Gasteiger partial charge in [-0.15, -0.1) is 11.3 Å². The van der Waals surface area contributed by atoms with Gasteiger partial charge < -0.3 is 10.5 Å². The van der Waals surface area contributed by atoms with Crippen molar-refractivity contribution in [2.75, 3.05) is 12.3 Å². The van der Waals surface area contributed by atoms with Crippen LogP contribution < -0.4 is 5.73 Å². The van der Waals surface area contributed by atoms with Crippen LogP contribution in [0.4, 0.5) is 5.69 Å². The third kappa shape index (κ3) is 4.26. The zero-order chi connectivity index (χ0) is 25.2. The molecule has 178 valence electrons. The molecule has 0 aliphatic heterocycles. The zero-order valence-corrected chi connectivity index (χ0v) is 20.9. The number of carbonyl (C=O) groups excluding carboxylic acids is 2. The van der Waals surface area contributed by atoms with Gasteiger partial charge in [-0.1, -0.05) is 84.4 Å². The van der Waals surface area contributed by atoms with Crippen molar-refractivity contribution >= 4 is 50.6 Å². The number of pyridine rings is 1. The highest BCUT2D eigenvalue weighted by Gasteiger charge is 2.29. The summed E-state index contributed by atoms with van der Waals surface area (Å²) in [4.78, 5) is 32.6. The van der Waals surface area contributed by atoms with Crippen molar-refractivity contribution in [3.05, 3.63) is 106 Å². The quantitative estimate of drug-likeness (QED) is 0.191. The number of carbonyl (C=O) groups is 2. The van der Waals surface area contributed by atoms with Crippen molar-refractivity contribution in [3.8, 4) is 22.4 Å². The molecule has 0 fully saturated rings. The smallest absolute Gasteiger partial charge is 0.341 e. The molecule has 0 unspecified atom stereocenters. The second kappa shape index (κ2) is 9.93. The molecule has 0 saturated carbocycles. The summed E-state index contributed by atoms with van der Waals surface area (Å²) in [7, 11) is 0. The molecule has 0 spiro atoms. The monoisotopic (exact) mass is 512 g/mol. The van der Waals surface area contributed by atoms with Gasteiger partial charge in [0.25, 0.3) is 0 Å². The number of benzene rings is 3. The summed E-state index contributed by atoms with van der Waals surface area (Å²) >= 11 is 7.39. The first kappa shape index (κ1) is 23.7. The highest BCUT2D eigenvalue weighted by Crippen LogP contribution is 2.45. The Morgan fingerprint density at radius 3 is 2.19 bits per heavy atom. The number of ketones is 1. The first-order chi connectivity index (χ1) is 17.5. The Hall–Kier alpha value is -4.00. The van der Waals surface area contributed by atoms with Crippen molar-refractivity contribution in [1.82, 2.24) is 4.98 Å². The third-order valence-corrected chi connectivity index (χ3v) is 7.13. The number of hydrogen-bond acceptors (Lipinski definition) is 6. The van der Waals surface area contributed by atoms with E-state index in [4.69, 9.17) is 27.1 Å². The van der Waals surface area contributed by atoms with Crippen LogP contribution in [0, 0.1) is 0 Å². The van der Waals surface area contributed by atoms with Crippen molar-refractivity contribution < 1.29 is 14.3 Å². The van der Waals surface area contributed by atoms with Gasteiger partial charge in [0.2, 0.25) is 5.78 Å². The second-order valence-electron chi connectivity index (χ2n) is 8.02. The maximum atomic E-state index is 13.4. The topological polar surface area (TPSA) is 82.3 Å². The Bertz CT molecular complexity index is 1580. The highest BCUT2D eigenvalue weighted by atomic mass is 35.5. The Morgan fingerprint density at radius 1 is 0.917 bits per heavy atom. The molecule has 3 aromatic carbocycles. The van der Waals surface area contributed by atoms with E-state index in [2.05, 4.69) is 0 Å². The predicted molar refractivity (Wildman–Crippen MR) is 146 cm³/mol. The number of hydrogen-bond donors (Lipinski definition) is 1. The van der Waals surface area contributed by atoms with Gasteiger partial charge in [-0.3, -0.25) is 4.79 Å². The summed E-state index contributed by atoms with van der Waals surface area (Å²) in [6.45, 7) is 1.95. The molecule has 7 heteroatoms. The van der Waals surface area contributed by atoms with Crippen molar-refractivity contribution in [2.24, 2.45) is 0 Å². The fourth-order valence-electron chi connectivity index (χ4n) is 4.15. The van der Waals surface area contributed by atoms with Crippen molar-refractivity contribution in [3.63, 3.8) is 0 Å². The molecule has 2 N–H and O–H groups in total. The number of halogens is 1. The Balaban J connectivity index is 1.89. The lowest BCUT2D eigenvalue weighted by Crippen LogP contribution is -2.11. The first-order valence-corrected chi connectivity index (χ1v) is 12.5. The molecule has 2 heterocycles. The summed E-state index contributed by atoms with van der Waals surface area (Å²) in [5.41, 5.74) is 10.2. The lowest BCUT2D eigenvalue weighted by atomic mass is 9.92. The molecule has 36 heavy (non-hydrogen) atoms. The zero-order valence-electron chi connectivity index (χ0n) is 19.3. The van der Waals surface area contributed by atoms with Crippen LogP contribution in [0.1, 0.15) is 32.5 Å². The Kier molecular flexibility index (Phi) is 6.55. The molecule has 0 aliphatic rings. The Morgan fingerprint density at radius 2 is 1.56 bits per heavy atom. The van der Waals surface area contributed by atoms with Gasteiger partial charge in [0.15, 0.2) is 0 Å². The molecule has 0 atom stereocenters. The first-order valence-electron chi connectivity index (χ1n) is 11.3. The normalized spacial score (nSPS) is 10.9. The average molecular weight is 513 g/mol. The number of ether oxygens (including phenoxy) is 1. The van der Waals surface area contributed by atoms with E-state index in [-0.39, 0.29) is 18.1 Å². The molecular formula is C29H21ClN2O3S. The van der Waals surface area contributed by atoms with Gasteiger partial charge in [-0.25, -0.2) is 9.78 Å². The molecule has 0 radical (unpaired) electrons. The van der Waals surface area contributed by atoms with Crippen molar-refractivity contribution in [2.45, 2.75) is 6.92 Å². The van der Waals surface area contributed by atoms with Gasteiger partial charge in [-0.05, 0) is 24.6 Å². The summed E-state index contributed by atoms with van der Waals surface area (Å²) in [5, 5.41) is 1.10. The highest BCUT2D eigenvalue weighted by molar-refractivity contribution is 7.21. The van der Waals surface area contributed by atoms with Crippen LogP contribution in [0.2, 0.25) is 5.02 Å². The van der Waals surface area contributed by atoms with Crippen molar-refractivity contribution in [1.29, 1.82) is 0 Å². The van der Waals surface area contributed by atoms with Crippen LogP contribution in [0.25, 0.3) is 32.6 Å². The molecule has 0 amide bonds. The van der Waals surface area contributed by atoms with E-state index in [9.17, 15) is 9.59 Å². The Labute approximate surface area is 217 Å². The van der Waals surface area contributed by atoms with E-state index in [0.717, 1.165) is 11.1 Å². The molecule has 5 aromatic rings. The van der Waals surface area contributed by atoms with Gasteiger partial charge in [0.05, 0.1) is 23.6 Å². The van der Waals surface area contributed by atoms with Gasteiger partial charge in [-0.2, -0.15) is 0 Å². The van der Waals surface area contributed by atoms with Gasteiger partial charge in [0.1, 0.15) is 9.71 Å². The fraction of sp³-hybridized carbons (Fsp3) is 0.0690. The second-order valence-corrected chi connectivity index (χ2v) is 9.46.